The number of alkyl halides is 1. The lowest BCUT2D eigenvalue weighted by Crippen LogP contribution is -1.97. The summed E-state index contributed by atoms with van der Waals surface area (Å²) in [4.78, 5) is 0. The molecule has 0 spiro atoms. The maximum absolute atomic E-state index is 10.1. The van der Waals surface area contributed by atoms with Crippen LogP contribution < -0.4 is 0 Å². The summed E-state index contributed by atoms with van der Waals surface area (Å²) in [7, 11) is 0. The molecule has 90 valence electrons. The van der Waals surface area contributed by atoms with Crippen LogP contribution in [0.3, 0.4) is 0 Å². The fourth-order valence-electron chi connectivity index (χ4n) is 2.01. The number of aliphatic hydroxyl groups is 1. The highest BCUT2D eigenvalue weighted by molar-refractivity contribution is 6.17. The van der Waals surface area contributed by atoms with Crippen LogP contribution in [-0.2, 0) is 0 Å². The van der Waals surface area contributed by atoms with E-state index in [2.05, 4.69) is 24.3 Å². The van der Waals surface area contributed by atoms with Crippen LogP contribution in [0.5, 0.6) is 0 Å². The van der Waals surface area contributed by atoms with Crippen LogP contribution in [0.4, 0.5) is 0 Å². The number of hydrogen-bond donors (Lipinski definition) is 1. The summed E-state index contributed by atoms with van der Waals surface area (Å²) in [5, 5.41) is 12.5. The number of hydrogen-bond acceptors (Lipinski definition) is 1. The van der Waals surface area contributed by atoms with Crippen molar-refractivity contribution in [3.05, 3.63) is 48.0 Å². The molecular formula is C15H17ClO. The molecule has 0 radical (unpaired) electrons. The first-order valence-electron chi connectivity index (χ1n) is 6.04. The smallest absolute Gasteiger partial charge is 0.0790 e. The first-order valence-corrected chi connectivity index (χ1v) is 6.57. The summed E-state index contributed by atoms with van der Waals surface area (Å²) in [6, 6.07) is 14.3. The van der Waals surface area contributed by atoms with E-state index in [1.54, 1.807) is 0 Å². The Morgan fingerprint density at radius 3 is 2.53 bits per heavy atom. The molecule has 1 N–H and O–H groups in total. The highest BCUT2D eigenvalue weighted by atomic mass is 35.5. The third kappa shape index (κ3) is 3.21. The average Bonchev–Trinajstić information content (AvgIpc) is 2.38. The van der Waals surface area contributed by atoms with E-state index < -0.39 is 0 Å². The van der Waals surface area contributed by atoms with Gasteiger partial charge in [-0.3, -0.25) is 0 Å². The van der Waals surface area contributed by atoms with Gasteiger partial charge in [0.25, 0.3) is 0 Å². The van der Waals surface area contributed by atoms with Crippen LogP contribution in [0.2, 0.25) is 0 Å². The second kappa shape index (κ2) is 6.04. The highest BCUT2D eigenvalue weighted by Gasteiger charge is 2.07. The molecule has 1 nitrogen and oxygen atoms in total. The fourth-order valence-corrected chi connectivity index (χ4v) is 2.20. The van der Waals surface area contributed by atoms with Gasteiger partial charge in [-0.15, -0.1) is 11.6 Å². The Balaban J connectivity index is 2.12. The molecule has 0 aliphatic carbocycles. The lowest BCUT2D eigenvalue weighted by molar-refractivity contribution is 0.164. The van der Waals surface area contributed by atoms with E-state index in [1.807, 2.05) is 18.2 Å². The summed E-state index contributed by atoms with van der Waals surface area (Å²) in [5.41, 5.74) is 0.998. The van der Waals surface area contributed by atoms with Gasteiger partial charge in [-0.05, 0) is 41.7 Å². The van der Waals surface area contributed by atoms with Gasteiger partial charge in [-0.25, -0.2) is 0 Å². The van der Waals surface area contributed by atoms with Crippen molar-refractivity contribution >= 4 is 22.4 Å². The zero-order valence-corrected chi connectivity index (χ0v) is 10.5. The van der Waals surface area contributed by atoms with Gasteiger partial charge in [-0.1, -0.05) is 36.4 Å². The van der Waals surface area contributed by atoms with E-state index in [1.165, 1.54) is 10.8 Å². The summed E-state index contributed by atoms with van der Waals surface area (Å²) in [5.74, 6) is 0.671. The highest BCUT2D eigenvalue weighted by Crippen LogP contribution is 2.23. The fraction of sp³-hybridized carbons (Fsp3) is 0.333. The van der Waals surface area contributed by atoms with E-state index in [4.69, 9.17) is 11.6 Å². The monoisotopic (exact) mass is 248 g/mol. The molecule has 0 heterocycles. The SMILES string of the molecule is OC(CCCCCl)c1ccc2ccccc2c1. The first-order chi connectivity index (χ1) is 8.31. The molecule has 0 aromatic heterocycles. The Morgan fingerprint density at radius 1 is 1.00 bits per heavy atom. The Labute approximate surface area is 107 Å². The van der Waals surface area contributed by atoms with E-state index >= 15 is 0 Å². The van der Waals surface area contributed by atoms with Crippen LogP contribution in [0, 0.1) is 0 Å². The molecule has 17 heavy (non-hydrogen) atoms. The van der Waals surface area contributed by atoms with E-state index in [0.29, 0.717) is 5.88 Å². The van der Waals surface area contributed by atoms with Crippen molar-refractivity contribution in [2.75, 3.05) is 5.88 Å². The Hall–Kier alpha value is -1.05. The van der Waals surface area contributed by atoms with Crippen molar-refractivity contribution in [2.24, 2.45) is 0 Å². The topological polar surface area (TPSA) is 20.2 Å². The lowest BCUT2D eigenvalue weighted by Gasteiger charge is -2.11. The second-order valence-electron chi connectivity index (χ2n) is 4.31. The predicted molar refractivity (Wildman–Crippen MR) is 73.5 cm³/mol. The van der Waals surface area contributed by atoms with Crippen LogP contribution in [-0.4, -0.2) is 11.0 Å². The van der Waals surface area contributed by atoms with Gasteiger partial charge in [0.2, 0.25) is 0 Å². The maximum Gasteiger partial charge on any atom is 0.0790 e. The van der Waals surface area contributed by atoms with Gasteiger partial charge in [-0.2, -0.15) is 0 Å². The Bertz CT molecular complexity index is 481. The molecule has 1 unspecified atom stereocenters. The Kier molecular flexibility index (Phi) is 4.41. The molecule has 1 atom stereocenters. The normalized spacial score (nSPS) is 12.8. The quantitative estimate of drug-likeness (QED) is 0.619. The zero-order valence-electron chi connectivity index (χ0n) is 9.77. The molecular weight excluding hydrogens is 232 g/mol. The van der Waals surface area contributed by atoms with E-state index in [-0.39, 0.29) is 6.10 Å². The van der Waals surface area contributed by atoms with E-state index in [9.17, 15) is 5.11 Å². The summed E-state index contributed by atoms with van der Waals surface area (Å²) in [6.07, 6.45) is 2.34. The van der Waals surface area contributed by atoms with Crippen molar-refractivity contribution in [2.45, 2.75) is 25.4 Å². The molecule has 0 bridgehead atoms. The number of rotatable bonds is 5. The largest absolute Gasteiger partial charge is 0.388 e. The summed E-state index contributed by atoms with van der Waals surface area (Å²) < 4.78 is 0. The summed E-state index contributed by atoms with van der Waals surface area (Å²) >= 11 is 5.63. The number of fused-ring (bicyclic) bond motifs is 1. The van der Waals surface area contributed by atoms with Crippen molar-refractivity contribution < 1.29 is 5.11 Å². The maximum atomic E-state index is 10.1. The van der Waals surface area contributed by atoms with Gasteiger partial charge in [0.1, 0.15) is 0 Å². The lowest BCUT2D eigenvalue weighted by atomic mass is 10.0. The number of unbranched alkanes of at least 4 members (excludes halogenated alkanes) is 1. The minimum absolute atomic E-state index is 0.372. The van der Waals surface area contributed by atoms with Crippen LogP contribution in [0.15, 0.2) is 42.5 Å². The third-order valence-corrected chi connectivity index (χ3v) is 3.29. The van der Waals surface area contributed by atoms with Crippen molar-refractivity contribution in [3.8, 4) is 0 Å². The third-order valence-electron chi connectivity index (χ3n) is 3.02. The minimum Gasteiger partial charge on any atom is -0.388 e. The first kappa shape index (κ1) is 12.4. The van der Waals surface area contributed by atoms with Crippen LogP contribution in [0.1, 0.15) is 30.9 Å². The molecule has 0 saturated heterocycles. The molecule has 2 heteroatoms. The van der Waals surface area contributed by atoms with Gasteiger partial charge in [0, 0.05) is 5.88 Å². The molecule has 2 rings (SSSR count). The predicted octanol–water partition coefficient (Wildman–Crippen LogP) is 4.28. The van der Waals surface area contributed by atoms with Crippen molar-refractivity contribution in [3.63, 3.8) is 0 Å². The van der Waals surface area contributed by atoms with Gasteiger partial charge in [0.15, 0.2) is 0 Å². The summed E-state index contributed by atoms with van der Waals surface area (Å²) in [6.45, 7) is 0. The van der Waals surface area contributed by atoms with Crippen molar-refractivity contribution in [1.82, 2.24) is 0 Å². The van der Waals surface area contributed by atoms with Gasteiger partial charge >= 0.3 is 0 Å². The Morgan fingerprint density at radius 2 is 1.76 bits per heavy atom. The van der Waals surface area contributed by atoms with Crippen LogP contribution in [0.25, 0.3) is 10.8 Å². The molecule has 0 aliphatic rings. The standard InChI is InChI=1S/C15H17ClO/c16-10-4-3-7-15(17)14-9-8-12-5-1-2-6-13(12)11-14/h1-2,5-6,8-9,11,15,17H,3-4,7,10H2. The number of aliphatic hydroxyl groups excluding tert-OH is 1. The van der Waals surface area contributed by atoms with Gasteiger partial charge in [0.05, 0.1) is 6.10 Å². The minimum atomic E-state index is -0.372. The molecule has 2 aromatic rings. The molecule has 0 aliphatic heterocycles. The number of benzene rings is 2. The van der Waals surface area contributed by atoms with Crippen molar-refractivity contribution in [1.29, 1.82) is 0 Å². The van der Waals surface area contributed by atoms with Crippen LogP contribution >= 0.6 is 11.6 Å². The zero-order chi connectivity index (χ0) is 12.1. The van der Waals surface area contributed by atoms with E-state index in [0.717, 1.165) is 24.8 Å². The molecule has 0 amide bonds. The number of halogens is 1. The molecule has 2 aromatic carbocycles. The van der Waals surface area contributed by atoms with Gasteiger partial charge < -0.3 is 5.11 Å². The molecule has 0 fully saturated rings. The molecule has 0 saturated carbocycles. The average molecular weight is 249 g/mol. The second-order valence-corrected chi connectivity index (χ2v) is 4.69.